The molecule has 1 aromatic rings. The fourth-order valence-corrected chi connectivity index (χ4v) is 2.62. The number of urea groups is 1. The summed E-state index contributed by atoms with van der Waals surface area (Å²) in [6.45, 7) is 7.97. The van der Waals surface area contributed by atoms with Crippen molar-refractivity contribution < 1.29 is 4.79 Å². The Morgan fingerprint density at radius 3 is 2.35 bits per heavy atom. The predicted molar refractivity (Wildman–Crippen MR) is 83.0 cm³/mol. The van der Waals surface area contributed by atoms with E-state index in [-0.39, 0.29) is 6.03 Å². The molecule has 0 aromatic heterocycles. The first-order valence-electron chi connectivity index (χ1n) is 7.21. The molecule has 1 aromatic carbocycles. The number of nitrogens with zero attached hydrogens (tertiary/aromatic N) is 1. The molecule has 1 aliphatic heterocycles. The van der Waals surface area contributed by atoms with Gasteiger partial charge in [0.25, 0.3) is 0 Å². The van der Waals surface area contributed by atoms with Crippen molar-refractivity contribution in [3.8, 4) is 0 Å². The van der Waals surface area contributed by atoms with Crippen LogP contribution in [0.15, 0.2) is 24.3 Å². The van der Waals surface area contributed by atoms with Crippen LogP contribution in [0.25, 0.3) is 0 Å². The predicted octanol–water partition coefficient (Wildman–Crippen LogP) is 4.02. The van der Waals surface area contributed by atoms with Crippen molar-refractivity contribution >= 4 is 17.6 Å². The Labute approximate surface area is 126 Å². The van der Waals surface area contributed by atoms with Crippen molar-refractivity contribution in [1.29, 1.82) is 0 Å². The zero-order chi connectivity index (χ0) is 14.8. The number of hydrogen-bond acceptors (Lipinski definition) is 1. The number of amides is 2. The lowest BCUT2D eigenvalue weighted by atomic mass is 9.94. The molecular formula is C16H23ClN2O. The van der Waals surface area contributed by atoms with E-state index in [1.807, 2.05) is 43.0 Å². The summed E-state index contributed by atoms with van der Waals surface area (Å²) in [6.07, 6.45) is 2.18. The van der Waals surface area contributed by atoms with Crippen LogP contribution in [0.2, 0.25) is 5.02 Å². The van der Waals surface area contributed by atoms with Crippen LogP contribution in [-0.2, 0) is 5.54 Å². The molecule has 4 heteroatoms. The van der Waals surface area contributed by atoms with Gasteiger partial charge in [0.1, 0.15) is 0 Å². The van der Waals surface area contributed by atoms with Gasteiger partial charge in [-0.2, -0.15) is 0 Å². The molecule has 2 rings (SSSR count). The second-order valence-electron chi connectivity index (χ2n) is 6.23. The average Bonchev–Trinajstić information content (AvgIpc) is 2.39. The van der Waals surface area contributed by atoms with E-state index in [0.717, 1.165) is 37.4 Å². The molecule has 0 saturated carbocycles. The summed E-state index contributed by atoms with van der Waals surface area (Å²) in [7, 11) is 0. The Hall–Kier alpha value is -1.22. The van der Waals surface area contributed by atoms with E-state index in [4.69, 9.17) is 11.6 Å². The number of carbonyl (C=O) groups excluding carboxylic acids is 1. The molecule has 1 fully saturated rings. The maximum atomic E-state index is 12.3. The zero-order valence-electron chi connectivity index (χ0n) is 12.4. The molecule has 0 aliphatic carbocycles. The van der Waals surface area contributed by atoms with Crippen LogP contribution in [0.5, 0.6) is 0 Å². The lowest BCUT2D eigenvalue weighted by Gasteiger charge is -2.34. The van der Waals surface area contributed by atoms with Gasteiger partial charge in [0.05, 0.1) is 5.54 Å². The molecule has 1 N–H and O–H groups in total. The van der Waals surface area contributed by atoms with Gasteiger partial charge in [0.2, 0.25) is 0 Å². The molecular weight excluding hydrogens is 272 g/mol. The molecule has 0 unspecified atom stereocenters. The van der Waals surface area contributed by atoms with E-state index < -0.39 is 5.54 Å². The summed E-state index contributed by atoms with van der Waals surface area (Å²) in [5.74, 6) is 0.725. The van der Waals surface area contributed by atoms with E-state index in [1.165, 1.54) is 0 Å². The van der Waals surface area contributed by atoms with Gasteiger partial charge in [-0.3, -0.25) is 0 Å². The van der Waals surface area contributed by atoms with Gasteiger partial charge in [-0.25, -0.2) is 4.79 Å². The summed E-state index contributed by atoms with van der Waals surface area (Å²) in [6, 6.07) is 7.65. The molecule has 0 radical (unpaired) electrons. The molecule has 20 heavy (non-hydrogen) atoms. The fraction of sp³-hybridized carbons (Fsp3) is 0.562. The molecule has 1 saturated heterocycles. The highest BCUT2D eigenvalue weighted by Crippen LogP contribution is 2.23. The summed E-state index contributed by atoms with van der Waals surface area (Å²) in [5, 5.41) is 3.83. The van der Waals surface area contributed by atoms with Crippen LogP contribution in [0.3, 0.4) is 0 Å². The topological polar surface area (TPSA) is 32.3 Å². The van der Waals surface area contributed by atoms with E-state index >= 15 is 0 Å². The van der Waals surface area contributed by atoms with Crippen LogP contribution < -0.4 is 5.32 Å². The van der Waals surface area contributed by atoms with Crippen LogP contribution in [0.4, 0.5) is 4.79 Å². The van der Waals surface area contributed by atoms with Crippen LogP contribution >= 0.6 is 11.6 Å². The molecule has 1 heterocycles. The first-order valence-corrected chi connectivity index (χ1v) is 7.59. The minimum absolute atomic E-state index is 0.0249. The first kappa shape index (κ1) is 15.2. The molecule has 1 aliphatic rings. The van der Waals surface area contributed by atoms with Crippen LogP contribution in [-0.4, -0.2) is 24.0 Å². The van der Waals surface area contributed by atoms with Crippen molar-refractivity contribution in [2.75, 3.05) is 13.1 Å². The number of likely N-dealkylation sites (tertiary alicyclic amines) is 1. The smallest absolute Gasteiger partial charge is 0.318 e. The largest absolute Gasteiger partial charge is 0.329 e. The number of rotatable bonds is 2. The minimum atomic E-state index is -0.398. The Morgan fingerprint density at radius 2 is 1.80 bits per heavy atom. The normalized spacial score (nSPS) is 17.1. The summed E-state index contributed by atoms with van der Waals surface area (Å²) >= 11 is 5.91. The quantitative estimate of drug-likeness (QED) is 0.878. The highest BCUT2D eigenvalue weighted by atomic mass is 35.5. The van der Waals surface area contributed by atoms with Crippen molar-refractivity contribution in [2.24, 2.45) is 5.92 Å². The second kappa shape index (κ2) is 6.04. The first-order chi connectivity index (χ1) is 9.38. The minimum Gasteiger partial charge on any atom is -0.329 e. The van der Waals surface area contributed by atoms with Crippen LogP contribution in [0, 0.1) is 5.92 Å². The molecule has 0 atom stereocenters. The summed E-state index contributed by atoms with van der Waals surface area (Å²) in [5.41, 5.74) is 0.658. The van der Waals surface area contributed by atoms with Gasteiger partial charge in [0, 0.05) is 18.1 Å². The van der Waals surface area contributed by atoms with E-state index in [9.17, 15) is 4.79 Å². The van der Waals surface area contributed by atoms with Gasteiger partial charge >= 0.3 is 6.03 Å². The van der Waals surface area contributed by atoms with Gasteiger partial charge in [-0.05, 0) is 50.3 Å². The number of benzene rings is 1. The number of halogens is 1. The van der Waals surface area contributed by atoms with E-state index in [2.05, 4.69) is 12.2 Å². The van der Waals surface area contributed by atoms with E-state index in [0.29, 0.717) is 5.02 Å². The zero-order valence-corrected chi connectivity index (χ0v) is 13.2. The van der Waals surface area contributed by atoms with Gasteiger partial charge < -0.3 is 10.2 Å². The Bertz CT molecular complexity index is 462. The third-order valence-corrected chi connectivity index (χ3v) is 4.31. The lowest BCUT2D eigenvalue weighted by molar-refractivity contribution is 0.164. The van der Waals surface area contributed by atoms with Crippen molar-refractivity contribution in [1.82, 2.24) is 10.2 Å². The molecule has 2 amide bonds. The van der Waals surface area contributed by atoms with Crippen LogP contribution in [0.1, 0.15) is 39.2 Å². The Morgan fingerprint density at radius 1 is 1.25 bits per heavy atom. The number of hydrogen-bond donors (Lipinski definition) is 1. The SMILES string of the molecule is CC1CCN(C(=O)NC(C)(C)c2ccc(Cl)cc2)CC1. The van der Waals surface area contributed by atoms with Crippen molar-refractivity contribution in [3.63, 3.8) is 0 Å². The third kappa shape index (κ3) is 3.66. The standard InChI is InChI=1S/C16H23ClN2O/c1-12-8-10-19(11-9-12)15(20)18-16(2,3)13-4-6-14(17)7-5-13/h4-7,12H,8-11H2,1-3H3,(H,18,20). The molecule has 0 bridgehead atoms. The second-order valence-corrected chi connectivity index (χ2v) is 6.67. The number of nitrogens with one attached hydrogen (secondary N) is 1. The lowest BCUT2D eigenvalue weighted by Crippen LogP contribution is -2.50. The molecule has 110 valence electrons. The van der Waals surface area contributed by atoms with E-state index in [1.54, 1.807) is 0 Å². The maximum Gasteiger partial charge on any atom is 0.318 e. The van der Waals surface area contributed by atoms with Gasteiger partial charge in [0.15, 0.2) is 0 Å². The van der Waals surface area contributed by atoms with Gasteiger partial charge in [-0.1, -0.05) is 30.7 Å². The number of carbonyl (C=O) groups is 1. The average molecular weight is 295 g/mol. The summed E-state index contributed by atoms with van der Waals surface area (Å²) < 4.78 is 0. The Kier molecular flexibility index (Phi) is 4.59. The van der Waals surface area contributed by atoms with Gasteiger partial charge in [-0.15, -0.1) is 0 Å². The Balaban J connectivity index is 2.00. The molecule has 3 nitrogen and oxygen atoms in total. The third-order valence-electron chi connectivity index (χ3n) is 4.06. The fourth-order valence-electron chi connectivity index (χ4n) is 2.50. The monoisotopic (exact) mass is 294 g/mol. The highest BCUT2D eigenvalue weighted by molar-refractivity contribution is 6.30. The molecule has 0 spiro atoms. The maximum absolute atomic E-state index is 12.3. The van der Waals surface area contributed by atoms with Crippen molar-refractivity contribution in [3.05, 3.63) is 34.9 Å². The highest BCUT2D eigenvalue weighted by Gasteiger charge is 2.27. The number of piperidine rings is 1. The van der Waals surface area contributed by atoms with Crippen molar-refractivity contribution in [2.45, 2.75) is 39.2 Å². The summed E-state index contributed by atoms with van der Waals surface area (Å²) in [4.78, 5) is 14.3.